The molecule has 0 unspecified atom stereocenters. The minimum absolute atomic E-state index is 0.121. The number of benzene rings is 1. The number of alkyl halides is 3. The number of ether oxygens (including phenoxy) is 1. The van der Waals surface area contributed by atoms with Gasteiger partial charge in [-0.05, 0) is 62.4 Å². The first-order valence-corrected chi connectivity index (χ1v) is 13.7. The van der Waals surface area contributed by atoms with Crippen LogP contribution in [0.2, 0.25) is 0 Å². The van der Waals surface area contributed by atoms with Crippen molar-refractivity contribution in [3.63, 3.8) is 0 Å². The van der Waals surface area contributed by atoms with Crippen LogP contribution in [0, 0.1) is 6.92 Å². The number of nitrogens with zero attached hydrogens (tertiary/aromatic N) is 3. The third kappa shape index (κ3) is 6.60. The monoisotopic (exact) mass is 540 g/mol. The Bertz CT molecular complexity index is 1210. The summed E-state index contributed by atoms with van der Waals surface area (Å²) in [7, 11) is -3.64. The van der Waals surface area contributed by atoms with Crippen LogP contribution in [0.3, 0.4) is 0 Å². The first-order chi connectivity index (χ1) is 17.4. The fourth-order valence-electron chi connectivity index (χ4n) is 4.95. The SMILES string of the molecule is CC(=O)Nc1ccc(S(=O)(=O)N2CCC(N3CCC(Oc4ccc(C(F)(F)F)cn4)CC3)CC2)c(C)c1. The molecule has 8 nitrogen and oxygen atoms in total. The number of aromatic nitrogens is 1. The van der Waals surface area contributed by atoms with Gasteiger partial charge in [-0.1, -0.05) is 0 Å². The van der Waals surface area contributed by atoms with E-state index in [1.807, 2.05) is 0 Å². The molecule has 2 aliphatic rings. The fraction of sp³-hybridized carbons (Fsp3) is 0.520. The lowest BCUT2D eigenvalue weighted by Crippen LogP contribution is -2.50. The lowest BCUT2D eigenvalue weighted by atomic mass is 10.00. The van der Waals surface area contributed by atoms with Gasteiger partial charge < -0.3 is 15.0 Å². The molecule has 0 bridgehead atoms. The standard InChI is InChI=1S/C25H31F3N4O4S/c1-17-15-20(30-18(2)33)4-5-23(17)37(34,35)32-13-7-21(8-14-32)31-11-9-22(10-12-31)36-24-6-3-19(16-29-24)25(26,27)28/h3-6,15-16,21-22H,7-14H2,1-2H3,(H,30,33). The summed E-state index contributed by atoms with van der Waals surface area (Å²) in [6, 6.07) is 7.28. The van der Waals surface area contributed by atoms with Gasteiger partial charge in [-0.3, -0.25) is 4.79 Å². The summed E-state index contributed by atoms with van der Waals surface area (Å²) in [5.41, 5.74) is 0.335. The van der Waals surface area contributed by atoms with Crippen molar-refractivity contribution in [2.75, 3.05) is 31.5 Å². The van der Waals surface area contributed by atoms with Gasteiger partial charge in [-0.15, -0.1) is 0 Å². The maximum absolute atomic E-state index is 13.3. The second kappa shape index (κ2) is 11.0. The zero-order valence-electron chi connectivity index (χ0n) is 20.8. The van der Waals surface area contributed by atoms with Gasteiger partial charge in [-0.2, -0.15) is 17.5 Å². The van der Waals surface area contributed by atoms with Crippen LogP contribution in [0.1, 0.15) is 43.7 Å². The number of carbonyl (C=O) groups excluding carboxylic acids is 1. The number of rotatable bonds is 6. The summed E-state index contributed by atoms with van der Waals surface area (Å²) in [6.07, 6.45) is -0.886. The first-order valence-electron chi connectivity index (χ1n) is 12.3. The number of anilines is 1. The molecule has 2 aliphatic heterocycles. The molecule has 0 aliphatic carbocycles. The molecule has 1 N–H and O–H groups in total. The average molecular weight is 541 g/mol. The van der Waals surface area contributed by atoms with Gasteiger partial charge in [0, 0.05) is 57.1 Å². The van der Waals surface area contributed by atoms with Crippen molar-refractivity contribution in [3.8, 4) is 5.88 Å². The van der Waals surface area contributed by atoms with Crippen molar-refractivity contribution in [1.82, 2.24) is 14.2 Å². The highest BCUT2D eigenvalue weighted by Crippen LogP contribution is 2.31. The van der Waals surface area contributed by atoms with E-state index in [4.69, 9.17) is 4.74 Å². The van der Waals surface area contributed by atoms with Crippen LogP contribution >= 0.6 is 0 Å². The molecule has 37 heavy (non-hydrogen) atoms. The molecule has 1 aromatic heterocycles. The van der Waals surface area contributed by atoms with Gasteiger partial charge in [0.15, 0.2) is 0 Å². The van der Waals surface area contributed by atoms with Crippen molar-refractivity contribution < 1.29 is 31.1 Å². The Labute approximate surface area is 214 Å². The summed E-state index contributed by atoms with van der Waals surface area (Å²) in [6.45, 7) is 5.50. The molecule has 1 amide bonds. The Morgan fingerprint density at radius 3 is 2.27 bits per heavy atom. The molecule has 0 atom stereocenters. The Morgan fingerprint density at radius 2 is 1.73 bits per heavy atom. The third-order valence-corrected chi connectivity index (χ3v) is 8.94. The Hall–Kier alpha value is -2.70. The minimum atomic E-state index is -4.43. The van der Waals surface area contributed by atoms with E-state index >= 15 is 0 Å². The Morgan fingerprint density at radius 1 is 1.05 bits per heavy atom. The number of hydrogen-bond acceptors (Lipinski definition) is 6. The lowest BCUT2D eigenvalue weighted by Gasteiger charge is -2.41. The summed E-state index contributed by atoms with van der Waals surface area (Å²) < 4.78 is 72.0. The van der Waals surface area contributed by atoms with Crippen LogP contribution in [-0.4, -0.2) is 66.8 Å². The van der Waals surface area contributed by atoms with E-state index in [9.17, 15) is 26.4 Å². The number of halogens is 3. The number of piperidine rings is 2. The highest BCUT2D eigenvalue weighted by molar-refractivity contribution is 7.89. The van der Waals surface area contributed by atoms with Crippen LogP contribution in [0.4, 0.5) is 18.9 Å². The van der Waals surface area contributed by atoms with Crippen LogP contribution in [0.25, 0.3) is 0 Å². The van der Waals surface area contributed by atoms with E-state index in [0.717, 1.165) is 38.2 Å². The van der Waals surface area contributed by atoms with Gasteiger partial charge in [0.1, 0.15) is 6.10 Å². The van der Waals surface area contributed by atoms with Crippen molar-refractivity contribution in [3.05, 3.63) is 47.7 Å². The average Bonchev–Trinajstić information content (AvgIpc) is 2.84. The van der Waals surface area contributed by atoms with Crippen LogP contribution < -0.4 is 10.1 Å². The highest BCUT2D eigenvalue weighted by Gasteiger charge is 2.34. The topological polar surface area (TPSA) is 91.8 Å². The predicted molar refractivity (Wildman–Crippen MR) is 132 cm³/mol. The quantitative estimate of drug-likeness (QED) is 0.594. The molecule has 0 saturated carbocycles. The largest absolute Gasteiger partial charge is 0.474 e. The molecular formula is C25H31F3N4O4S. The molecule has 2 aromatic rings. The zero-order valence-corrected chi connectivity index (χ0v) is 21.6. The maximum atomic E-state index is 13.3. The fourth-order valence-corrected chi connectivity index (χ4v) is 6.63. The number of sulfonamides is 1. The number of likely N-dealkylation sites (tertiary alicyclic amines) is 1. The Balaban J connectivity index is 1.27. The van der Waals surface area contributed by atoms with E-state index in [1.165, 1.54) is 17.3 Å². The molecule has 0 radical (unpaired) electrons. The molecule has 2 saturated heterocycles. The molecule has 0 spiro atoms. The number of carbonyl (C=O) groups is 1. The van der Waals surface area contributed by atoms with Gasteiger partial charge >= 0.3 is 6.18 Å². The molecule has 3 heterocycles. The number of nitrogens with one attached hydrogen (secondary N) is 1. The predicted octanol–water partition coefficient (Wildman–Crippen LogP) is 4.06. The van der Waals surface area contributed by atoms with Gasteiger partial charge in [0.05, 0.1) is 10.5 Å². The van der Waals surface area contributed by atoms with Crippen LogP contribution in [-0.2, 0) is 21.0 Å². The second-order valence-electron chi connectivity index (χ2n) is 9.53. The van der Waals surface area contributed by atoms with Gasteiger partial charge in [0.2, 0.25) is 21.8 Å². The smallest absolute Gasteiger partial charge is 0.417 e. The highest BCUT2D eigenvalue weighted by atomic mass is 32.2. The molecular weight excluding hydrogens is 509 g/mol. The van der Waals surface area contributed by atoms with E-state index in [0.29, 0.717) is 37.2 Å². The number of hydrogen-bond donors (Lipinski definition) is 1. The van der Waals surface area contributed by atoms with Crippen LogP contribution in [0.5, 0.6) is 5.88 Å². The summed E-state index contributed by atoms with van der Waals surface area (Å²) in [5.74, 6) is -0.0331. The van der Waals surface area contributed by atoms with E-state index in [-0.39, 0.29) is 28.8 Å². The van der Waals surface area contributed by atoms with E-state index in [1.54, 1.807) is 25.1 Å². The molecule has 1 aromatic carbocycles. The molecule has 202 valence electrons. The summed E-state index contributed by atoms with van der Waals surface area (Å²) in [5, 5.41) is 2.66. The number of amides is 1. The van der Waals surface area contributed by atoms with Gasteiger partial charge in [0.25, 0.3) is 0 Å². The van der Waals surface area contributed by atoms with E-state index in [2.05, 4.69) is 15.2 Å². The number of pyridine rings is 1. The normalized spacial score (nSPS) is 19.1. The third-order valence-electron chi connectivity index (χ3n) is 6.88. The Kier molecular flexibility index (Phi) is 8.10. The molecule has 2 fully saturated rings. The van der Waals surface area contributed by atoms with Crippen molar-refractivity contribution >= 4 is 21.6 Å². The minimum Gasteiger partial charge on any atom is -0.474 e. The molecule has 12 heteroatoms. The maximum Gasteiger partial charge on any atom is 0.417 e. The summed E-state index contributed by atoms with van der Waals surface area (Å²) in [4.78, 5) is 17.7. The summed E-state index contributed by atoms with van der Waals surface area (Å²) >= 11 is 0. The van der Waals surface area contributed by atoms with Gasteiger partial charge in [-0.25, -0.2) is 13.4 Å². The second-order valence-corrected chi connectivity index (χ2v) is 11.4. The molecule has 4 rings (SSSR count). The number of aryl methyl sites for hydroxylation is 1. The van der Waals surface area contributed by atoms with Crippen LogP contribution in [0.15, 0.2) is 41.4 Å². The van der Waals surface area contributed by atoms with Crippen molar-refractivity contribution in [2.24, 2.45) is 0 Å². The lowest BCUT2D eigenvalue weighted by molar-refractivity contribution is -0.137. The zero-order chi connectivity index (χ0) is 26.8. The first kappa shape index (κ1) is 27.3. The van der Waals surface area contributed by atoms with Crippen molar-refractivity contribution in [2.45, 2.75) is 62.7 Å². The van der Waals surface area contributed by atoms with Crippen molar-refractivity contribution in [1.29, 1.82) is 0 Å². The van der Waals surface area contributed by atoms with E-state index < -0.39 is 21.8 Å².